The molecule has 0 saturated carbocycles. The van der Waals surface area contributed by atoms with Crippen LogP contribution in [0, 0.1) is 5.92 Å². The van der Waals surface area contributed by atoms with Gasteiger partial charge in [-0.1, -0.05) is 31.5 Å². The standard InChI is InChI=1S/C14H17N/c1-2-10-7-8-14-12(9-10)11-5-3-4-6-13(11)15-14/h3-6,10,15H,2,7-9H2,1H3/t10-/m1/s1. The van der Waals surface area contributed by atoms with E-state index in [0.29, 0.717) is 0 Å². The van der Waals surface area contributed by atoms with Crippen molar-refractivity contribution >= 4 is 10.9 Å². The van der Waals surface area contributed by atoms with Gasteiger partial charge in [0, 0.05) is 16.6 Å². The van der Waals surface area contributed by atoms with Crippen molar-refractivity contribution in [2.75, 3.05) is 0 Å². The summed E-state index contributed by atoms with van der Waals surface area (Å²) in [6.07, 6.45) is 5.19. The number of aromatic nitrogens is 1. The van der Waals surface area contributed by atoms with Crippen molar-refractivity contribution in [3.8, 4) is 0 Å². The van der Waals surface area contributed by atoms with E-state index < -0.39 is 0 Å². The number of H-pyrrole nitrogens is 1. The van der Waals surface area contributed by atoms with E-state index in [1.54, 1.807) is 5.56 Å². The second-order valence-electron chi connectivity index (χ2n) is 4.64. The van der Waals surface area contributed by atoms with Crippen molar-refractivity contribution in [1.82, 2.24) is 4.98 Å². The Kier molecular flexibility index (Phi) is 2.05. The van der Waals surface area contributed by atoms with E-state index in [-0.39, 0.29) is 0 Å². The van der Waals surface area contributed by atoms with E-state index in [1.165, 1.54) is 42.3 Å². The highest BCUT2D eigenvalue weighted by Gasteiger charge is 2.20. The van der Waals surface area contributed by atoms with Gasteiger partial charge in [-0.2, -0.15) is 0 Å². The molecule has 1 atom stereocenters. The fraction of sp³-hybridized carbons (Fsp3) is 0.429. The topological polar surface area (TPSA) is 15.8 Å². The number of aryl methyl sites for hydroxylation is 1. The number of hydrogen-bond acceptors (Lipinski definition) is 0. The Balaban J connectivity index is 2.14. The third-order valence-electron chi connectivity index (χ3n) is 3.77. The van der Waals surface area contributed by atoms with Gasteiger partial charge in [-0.15, -0.1) is 0 Å². The van der Waals surface area contributed by atoms with Crippen LogP contribution in [0.4, 0.5) is 0 Å². The van der Waals surface area contributed by atoms with Crippen molar-refractivity contribution in [2.45, 2.75) is 32.6 Å². The van der Waals surface area contributed by atoms with Crippen LogP contribution in [0.2, 0.25) is 0 Å². The molecule has 0 saturated heterocycles. The smallest absolute Gasteiger partial charge is 0.0458 e. The summed E-state index contributed by atoms with van der Waals surface area (Å²) in [6, 6.07) is 8.70. The lowest BCUT2D eigenvalue weighted by atomic mass is 9.85. The Hall–Kier alpha value is -1.24. The lowest BCUT2D eigenvalue weighted by molar-refractivity contribution is 0.444. The fourth-order valence-electron chi connectivity index (χ4n) is 2.79. The molecule has 0 fully saturated rings. The second kappa shape index (κ2) is 3.41. The van der Waals surface area contributed by atoms with Gasteiger partial charge >= 0.3 is 0 Å². The van der Waals surface area contributed by atoms with Crippen LogP contribution >= 0.6 is 0 Å². The molecule has 15 heavy (non-hydrogen) atoms. The molecule has 1 N–H and O–H groups in total. The number of fused-ring (bicyclic) bond motifs is 3. The van der Waals surface area contributed by atoms with Gasteiger partial charge in [0.2, 0.25) is 0 Å². The summed E-state index contributed by atoms with van der Waals surface area (Å²) < 4.78 is 0. The molecule has 1 aliphatic carbocycles. The second-order valence-corrected chi connectivity index (χ2v) is 4.64. The lowest BCUT2D eigenvalue weighted by Crippen LogP contribution is -2.12. The minimum absolute atomic E-state index is 0.900. The van der Waals surface area contributed by atoms with Crippen LogP contribution in [0.1, 0.15) is 31.0 Å². The van der Waals surface area contributed by atoms with Gasteiger partial charge in [-0.05, 0) is 36.8 Å². The molecule has 1 aromatic carbocycles. The Labute approximate surface area is 90.5 Å². The largest absolute Gasteiger partial charge is 0.358 e. The third kappa shape index (κ3) is 1.38. The van der Waals surface area contributed by atoms with E-state index in [0.717, 1.165) is 5.92 Å². The van der Waals surface area contributed by atoms with Gasteiger partial charge in [0.25, 0.3) is 0 Å². The third-order valence-corrected chi connectivity index (χ3v) is 3.77. The van der Waals surface area contributed by atoms with Gasteiger partial charge < -0.3 is 4.98 Å². The Morgan fingerprint density at radius 3 is 3.07 bits per heavy atom. The van der Waals surface area contributed by atoms with Crippen molar-refractivity contribution in [3.05, 3.63) is 35.5 Å². The minimum Gasteiger partial charge on any atom is -0.358 e. The van der Waals surface area contributed by atoms with Gasteiger partial charge in [0.05, 0.1) is 0 Å². The molecular weight excluding hydrogens is 182 g/mol. The first-order valence-corrected chi connectivity index (χ1v) is 5.97. The quantitative estimate of drug-likeness (QED) is 0.721. The predicted molar refractivity (Wildman–Crippen MR) is 64.1 cm³/mol. The summed E-state index contributed by atoms with van der Waals surface area (Å²) in [7, 11) is 0. The van der Waals surface area contributed by atoms with Crippen molar-refractivity contribution < 1.29 is 0 Å². The van der Waals surface area contributed by atoms with Crippen LogP contribution in [0.5, 0.6) is 0 Å². The zero-order valence-electron chi connectivity index (χ0n) is 9.22. The van der Waals surface area contributed by atoms with E-state index in [2.05, 4.69) is 36.2 Å². The average molecular weight is 199 g/mol. The molecule has 1 heterocycles. The molecule has 1 heteroatoms. The molecule has 2 aromatic rings. The van der Waals surface area contributed by atoms with E-state index in [4.69, 9.17) is 0 Å². The zero-order valence-corrected chi connectivity index (χ0v) is 9.22. The van der Waals surface area contributed by atoms with Gasteiger partial charge in [0.15, 0.2) is 0 Å². The molecule has 1 nitrogen and oxygen atoms in total. The predicted octanol–water partition coefficient (Wildman–Crippen LogP) is 3.68. The van der Waals surface area contributed by atoms with Gasteiger partial charge in [-0.25, -0.2) is 0 Å². The monoisotopic (exact) mass is 199 g/mol. The molecule has 78 valence electrons. The van der Waals surface area contributed by atoms with E-state index in [1.807, 2.05) is 0 Å². The van der Waals surface area contributed by atoms with Crippen LogP contribution < -0.4 is 0 Å². The first-order chi connectivity index (χ1) is 7.38. The van der Waals surface area contributed by atoms with Crippen LogP contribution in [-0.2, 0) is 12.8 Å². The average Bonchev–Trinajstić information content (AvgIpc) is 2.66. The first-order valence-electron chi connectivity index (χ1n) is 5.97. The van der Waals surface area contributed by atoms with Crippen LogP contribution in [0.15, 0.2) is 24.3 Å². The molecule has 1 aromatic heterocycles. The maximum absolute atomic E-state index is 3.56. The lowest BCUT2D eigenvalue weighted by Gasteiger charge is -2.20. The van der Waals surface area contributed by atoms with Crippen molar-refractivity contribution in [3.63, 3.8) is 0 Å². The number of nitrogens with one attached hydrogen (secondary N) is 1. The highest BCUT2D eigenvalue weighted by Crippen LogP contribution is 2.32. The molecule has 0 unspecified atom stereocenters. The van der Waals surface area contributed by atoms with E-state index in [9.17, 15) is 0 Å². The maximum Gasteiger partial charge on any atom is 0.0458 e. The summed E-state index contributed by atoms with van der Waals surface area (Å²) in [5, 5.41) is 1.45. The van der Waals surface area contributed by atoms with Crippen LogP contribution in [0.3, 0.4) is 0 Å². The van der Waals surface area contributed by atoms with Crippen molar-refractivity contribution in [1.29, 1.82) is 0 Å². The summed E-state index contributed by atoms with van der Waals surface area (Å²) in [4.78, 5) is 3.56. The number of hydrogen-bond donors (Lipinski definition) is 1. The molecule has 0 amide bonds. The highest BCUT2D eigenvalue weighted by molar-refractivity contribution is 5.84. The molecular formula is C14H17N. The van der Waals surface area contributed by atoms with Crippen LogP contribution in [-0.4, -0.2) is 4.98 Å². The SMILES string of the molecule is CC[C@@H]1CCc2[nH]c3ccccc3c2C1. The maximum atomic E-state index is 3.56. The highest BCUT2D eigenvalue weighted by atomic mass is 14.7. The molecule has 0 spiro atoms. The van der Waals surface area contributed by atoms with Crippen molar-refractivity contribution in [2.24, 2.45) is 5.92 Å². The molecule has 1 aliphatic rings. The molecule has 3 rings (SSSR count). The fourth-order valence-corrected chi connectivity index (χ4v) is 2.79. The zero-order chi connectivity index (χ0) is 10.3. The Bertz CT molecular complexity index is 481. The molecule has 0 aliphatic heterocycles. The number of benzene rings is 1. The normalized spacial score (nSPS) is 20.5. The number of aromatic amines is 1. The Morgan fingerprint density at radius 1 is 1.33 bits per heavy atom. The first kappa shape index (κ1) is 9.02. The summed E-state index contributed by atoms with van der Waals surface area (Å²) in [5.74, 6) is 0.900. The molecule has 0 bridgehead atoms. The number of para-hydroxylation sites is 1. The van der Waals surface area contributed by atoms with Gasteiger partial charge in [-0.3, -0.25) is 0 Å². The van der Waals surface area contributed by atoms with Crippen LogP contribution in [0.25, 0.3) is 10.9 Å². The summed E-state index contributed by atoms with van der Waals surface area (Å²) in [5.41, 5.74) is 4.39. The minimum atomic E-state index is 0.900. The van der Waals surface area contributed by atoms with Gasteiger partial charge in [0.1, 0.15) is 0 Å². The molecule has 0 radical (unpaired) electrons. The summed E-state index contributed by atoms with van der Waals surface area (Å²) in [6.45, 7) is 2.31. The Morgan fingerprint density at radius 2 is 2.20 bits per heavy atom. The van der Waals surface area contributed by atoms with E-state index >= 15 is 0 Å². The number of rotatable bonds is 1. The summed E-state index contributed by atoms with van der Waals surface area (Å²) >= 11 is 0.